The smallest absolute Gasteiger partial charge is 0.339 e. The third kappa shape index (κ3) is 7.44. The summed E-state index contributed by atoms with van der Waals surface area (Å²) in [6.45, 7) is 4.73. The number of hydrogen-bond donors (Lipinski definition) is 3. The summed E-state index contributed by atoms with van der Waals surface area (Å²) in [7, 11) is 1.42. The van der Waals surface area contributed by atoms with Crippen LogP contribution in [0.2, 0.25) is 0 Å². The quantitative estimate of drug-likeness (QED) is 0.295. The van der Waals surface area contributed by atoms with Gasteiger partial charge >= 0.3 is 5.97 Å². The molecule has 3 N–H and O–H groups in total. The second-order valence-corrected chi connectivity index (χ2v) is 12.9. The summed E-state index contributed by atoms with van der Waals surface area (Å²) in [6, 6.07) is 11.7. The number of ether oxygens (including phenoxy) is 2. The van der Waals surface area contributed by atoms with Crippen LogP contribution in [0.3, 0.4) is 0 Å². The van der Waals surface area contributed by atoms with Crippen LogP contribution in [0.5, 0.6) is 17.2 Å². The number of benzene rings is 2. The lowest BCUT2D eigenvalue weighted by atomic mass is 9.79. The van der Waals surface area contributed by atoms with Crippen LogP contribution in [-0.2, 0) is 16.1 Å². The maximum absolute atomic E-state index is 13.9. The van der Waals surface area contributed by atoms with Crippen molar-refractivity contribution in [2.45, 2.75) is 101 Å². The monoisotopic (exact) mass is 621 g/mol. The van der Waals surface area contributed by atoms with Gasteiger partial charge in [0, 0.05) is 38.7 Å². The van der Waals surface area contributed by atoms with E-state index in [1.165, 1.54) is 13.2 Å². The number of aliphatic hydroxyl groups is 1. The Kier molecular flexibility index (Phi) is 10.3. The number of nitrogens with zero attached hydrogens (tertiary/aromatic N) is 2. The number of likely N-dealkylation sites (tertiary alicyclic amines) is 1. The highest BCUT2D eigenvalue weighted by molar-refractivity contribution is 6.00. The van der Waals surface area contributed by atoms with Crippen LogP contribution in [0.4, 0.5) is 0 Å². The van der Waals surface area contributed by atoms with Crippen molar-refractivity contribution in [2.24, 2.45) is 0 Å². The molecule has 2 aromatic rings. The molecule has 5 rings (SSSR count). The van der Waals surface area contributed by atoms with E-state index in [4.69, 9.17) is 9.47 Å². The van der Waals surface area contributed by atoms with E-state index in [9.17, 15) is 24.6 Å². The minimum Gasteiger partial charge on any atom is -0.496 e. The van der Waals surface area contributed by atoms with Crippen molar-refractivity contribution in [3.05, 3.63) is 53.6 Å². The van der Waals surface area contributed by atoms with E-state index >= 15 is 0 Å². The van der Waals surface area contributed by atoms with Gasteiger partial charge in [-0.3, -0.25) is 14.5 Å². The molecule has 1 saturated carbocycles. The van der Waals surface area contributed by atoms with Gasteiger partial charge in [0.15, 0.2) is 0 Å². The molecule has 0 bridgehead atoms. The molecular weight excluding hydrogens is 574 g/mol. The molecule has 3 aliphatic rings. The zero-order valence-corrected chi connectivity index (χ0v) is 26.6. The number of piperidine rings is 1. The van der Waals surface area contributed by atoms with E-state index < -0.39 is 23.2 Å². The van der Waals surface area contributed by atoms with Gasteiger partial charge < -0.3 is 29.9 Å². The third-order valence-electron chi connectivity index (χ3n) is 9.81. The second kappa shape index (κ2) is 14.2. The van der Waals surface area contributed by atoms with E-state index in [1.54, 1.807) is 12.1 Å². The van der Waals surface area contributed by atoms with Crippen LogP contribution >= 0.6 is 0 Å². The number of piperazine rings is 1. The molecule has 10 heteroatoms. The van der Waals surface area contributed by atoms with Crippen LogP contribution < -0.4 is 14.8 Å². The second-order valence-electron chi connectivity index (χ2n) is 12.9. The number of carbonyl (C=O) groups is 3. The van der Waals surface area contributed by atoms with Gasteiger partial charge in [0.25, 0.3) is 0 Å². The number of carboxylic acid groups (broad SMARTS) is 1. The van der Waals surface area contributed by atoms with E-state index in [2.05, 4.69) is 17.1 Å². The SMILES string of the molecule is CCCCN1C(=O)[C@@H](CC2(O)CCCCCC2)NC(=O)C12CCN(Cc1ccc(Oc3ccc(C(=O)O)c(OC)c3)cc1)CC2. The van der Waals surface area contributed by atoms with Gasteiger partial charge in [-0.25, -0.2) is 4.79 Å². The van der Waals surface area contributed by atoms with Crippen molar-refractivity contribution in [3.8, 4) is 17.2 Å². The normalized spacial score (nSPS) is 21.7. The lowest BCUT2D eigenvalue weighted by Crippen LogP contribution is -2.73. The largest absolute Gasteiger partial charge is 0.496 e. The van der Waals surface area contributed by atoms with E-state index in [-0.39, 0.29) is 23.1 Å². The van der Waals surface area contributed by atoms with Gasteiger partial charge in [0.05, 0.1) is 12.7 Å². The number of aromatic carboxylic acids is 1. The number of hydrogen-bond acceptors (Lipinski definition) is 7. The standard InChI is InChI=1S/C35H47N3O7/c1-3-4-19-38-31(39)29(23-34(43)15-7-5-6-8-16-34)36-33(42)35(38)17-20-37(21-18-35)24-25-9-11-26(12-10-25)45-27-13-14-28(32(40)41)30(22-27)44-2/h9-14,22,29,43H,3-8,15-21,23-24H2,1-2H3,(H,36,42)(H,40,41)/t29-/m1/s1. The zero-order chi connectivity index (χ0) is 32.0. The van der Waals surface area contributed by atoms with Crippen LogP contribution in [-0.4, -0.2) is 81.7 Å². The van der Waals surface area contributed by atoms with Gasteiger partial charge in [0.1, 0.15) is 34.4 Å². The van der Waals surface area contributed by atoms with Gasteiger partial charge in [0.2, 0.25) is 11.8 Å². The molecule has 2 aliphatic heterocycles. The number of amides is 2. The average molecular weight is 622 g/mol. The topological polar surface area (TPSA) is 129 Å². The summed E-state index contributed by atoms with van der Waals surface area (Å²) in [5.74, 6) is 0.144. The Morgan fingerprint density at radius 2 is 1.64 bits per heavy atom. The number of nitrogens with one attached hydrogen (secondary N) is 1. The Hall–Kier alpha value is -3.63. The van der Waals surface area contributed by atoms with Gasteiger partial charge in [-0.15, -0.1) is 0 Å². The van der Waals surface area contributed by atoms with Gasteiger partial charge in [-0.1, -0.05) is 51.2 Å². The van der Waals surface area contributed by atoms with Crippen molar-refractivity contribution in [2.75, 3.05) is 26.7 Å². The minimum absolute atomic E-state index is 0.0417. The van der Waals surface area contributed by atoms with Crippen molar-refractivity contribution in [3.63, 3.8) is 0 Å². The first kappa shape index (κ1) is 32.8. The predicted molar refractivity (Wildman–Crippen MR) is 170 cm³/mol. The number of methoxy groups -OCH3 is 1. The maximum atomic E-state index is 13.9. The molecule has 1 spiro atoms. The van der Waals surface area contributed by atoms with E-state index in [0.29, 0.717) is 69.8 Å². The first-order valence-corrected chi connectivity index (χ1v) is 16.4. The highest BCUT2D eigenvalue weighted by Gasteiger charge is 2.54. The molecule has 10 nitrogen and oxygen atoms in total. The molecule has 1 aliphatic carbocycles. The molecule has 2 aromatic carbocycles. The molecule has 0 aromatic heterocycles. The minimum atomic E-state index is -1.07. The lowest BCUT2D eigenvalue weighted by Gasteiger charge is -2.52. The Labute approximate surface area is 265 Å². The highest BCUT2D eigenvalue weighted by atomic mass is 16.5. The summed E-state index contributed by atoms with van der Waals surface area (Å²) < 4.78 is 11.1. The van der Waals surface area contributed by atoms with Crippen molar-refractivity contribution in [1.29, 1.82) is 0 Å². The highest BCUT2D eigenvalue weighted by Crippen LogP contribution is 2.37. The zero-order valence-electron chi connectivity index (χ0n) is 26.6. The number of unbranched alkanes of at least 4 members (excludes halogenated alkanes) is 1. The Morgan fingerprint density at radius 1 is 0.978 bits per heavy atom. The fourth-order valence-corrected chi connectivity index (χ4v) is 7.17. The molecular formula is C35H47N3O7. The van der Waals surface area contributed by atoms with Gasteiger partial charge in [-0.2, -0.15) is 0 Å². The fraction of sp³-hybridized carbons (Fsp3) is 0.571. The molecule has 45 heavy (non-hydrogen) atoms. The van der Waals surface area contributed by atoms with Crippen LogP contribution in [0, 0.1) is 0 Å². The maximum Gasteiger partial charge on any atom is 0.339 e. The molecule has 0 radical (unpaired) electrons. The van der Waals surface area contributed by atoms with E-state index in [0.717, 1.165) is 44.1 Å². The van der Waals surface area contributed by atoms with Crippen LogP contribution in [0.15, 0.2) is 42.5 Å². The van der Waals surface area contributed by atoms with Crippen LogP contribution in [0.25, 0.3) is 0 Å². The Morgan fingerprint density at radius 3 is 2.27 bits per heavy atom. The van der Waals surface area contributed by atoms with Crippen molar-refractivity contribution in [1.82, 2.24) is 15.1 Å². The summed E-state index contributed by atoms with van der Waals surface area (Å²) >= 11 is 0. The van der Waals surface area contributed by atoms with Crippen molar-refractivity contribution < 1.29 is 34.1 Å². The van der Waals surface area contributed by atoms with Crippen LogP contribution in [0.1, 0.15) is 93.5 Å². The van der Waals surface area contributed by atoms with E-state index in [1.807, 2.05) is 29.2 Å². The molecule has 3 fully saturated rings. The molecule has 2 heterocycles. The lowest BCUT2D eigenvalue weighted by molar-refractivity contribution is -0.163. The number of carboxylic acids is 1. The third-order valence-corrected chi connectivity index (χ3v) is 9.81. The fourth-order valence-electron chi connectivity index (χ4n) is 7.17. The van der Waals surface area contributed by atoms with Crippen molar-refractivity contribution >= 4 is 17.8 Å². The van der Waals surface area contributed by atoms with Gasteiger partial charge in [-0.05, 0) is 61.9 Å². The number of rotatable bonds is 11. The first-order chi connectivity index (χ1) is 21.7. The number of carbonyl (C=O) groups excluding carboxylic acids is 2. The molecule has 2 amide bonds. The Balaban J connectivity index is 1.20. The average Bonchev–Trinajstić information content (AvgIpc) is 3.25. The first-order valence-electron chi connectivity index (χ1n) is 16.4. The summed E-state index contributed by atoms with van der Waals surface area (Å²) in [5, 5.41) is 23.7. The molecule has 1 atom stereocenters. The summed E-state index contributed by atoms with van der Waals surface area (Å²) in [6.07, 6.45) is 8.70. The summed E-state index contributed by atoms with van der Waals surface area (Å²) in [5.41, 5.74) is -0.575. The molecule has 244 valence electrons. The Bertz CT molecular complexity index is 1350. The predicted octanol–water partition coefficient (Wildman–Crippen LogP) is 5.12. The molecule has 2 saturated heterocycles. The molecule has 0 unspecified atom stereocenters. The summed E-state index contributed by atoms with van der Waals surface area (Å²) in [4.78, 5) is 43.2.